The van der Waals surface area contributed by atoms with Crippen molar-refractivity contribution >= 4 is 27.6 Å². The summed E-state index contributed by atoms with van der Waals surface area (Å²) in [4.78, 5) is 29.0. The molecule has 0 spiro atoms. The summed E-state index contributed by atoms with van der Waals surface area (Å²) < 4.78 is 42.4. The summed E-state index contributed by atoms with van der Waals surface area (Å²) in [5.41, 5.74) is 0.488. The zero-order valence-corrected chi connectivity index (χ0v) is 18.6. The van der Waals surface area contributed by atoms with Crippen molar-refractivity contribution in [3.8, 4) is 5.88 Å². The number of ether oxygens (including phenoxy) is 3. The molecule has 2 aromatic rings. The largest absolute Gasteiger partial charge is 0.477 e. The molecule has 1 unspecified atom stereocenters. The molecule has 1 atom stereocenters. The van der Waals surface area contributed by atoms with Crippen molar-refractivity contribution in [2.24, 2.45) is 0 Å². The molecule has 0 aliphatic carbocycles. The minimum Gasteiger partial charge on any atom is -0.477 e. The SMILES string of the molecule is CCOc1ncccc1C(=O)OC(C)C(=O)Nc1ccc(S(=O)(=O)N2CCOCC2)cc1. The van der Waals surface area contributed by atoms with E-state index in [9.17, 15) is 18.0 Å². The van der Waals surface area contributed by atoms with E-state index in [-0.39, 0.29) is 16.3 Å². The van der Waals surface area contributed by atoms with Gasteiger partial charge in [0, 0.05) is 25.0 Å². The summed E-state index contributed by atoms with van der Waals surface area (Å²) in [6, 6.07) is 8.86. The maximum atomic E-state index is 12.7. The van der Waals surface area contributed by atoms with E-state index in [2.05, 4.69) is 10.3 Å². The fourth-order valence-corrected chi connectivity index (χ4v) is 4.37. The van der Waals surface area contributed by atoms with E-state index in [4.69, 9.17) is 14.2 Å². The van der Waals surface area contributed by atoms with Gasteiger partial charge in [0.2, 0.25) is 15.9 Å². The highest BCUT2D eigenvalue weighted by Gasteiger charge is 2.26. The van der Waals surface area contributed by atoms with E-state index >= 15 is 0 Å². The van der Waals surface area contributed by atoms with Crippen molar-refractivity contribution in [3.63, 3.8) is 0 Å². The number of esters is 1. The lowest BCUT2D eigenvalue weighted by atomic mass is 10.2. The van der Waals surface area contributed by atoms with Crippen molar-refractivity contribution < 1.29 is 32.2 Å². The highest BCUT2D eigenvalue weighted by molar-refractivity contribution is 7.89. The van der Waals surface area contributed by atoms with Crippen LogP contribution < -0.4 is 10.1 Å². The van der Waals surface area contributed by atoms with Gasteiger partial charge in [-0.15, -0.1) is 0 Å². The molecule has 1 saturated heterocycles. The second-order valence-corrected chi connectivity index (χ2v) is 8.80. The molecule has 11 heteroatoms. The topological polar surface area (TPSA) is 124 Å². The Morgan fingerprint density at radius 3 is 2.53 bits per heavy atom. The Hall–Kier alpha value is -3.02. The second kappa shape index (κ2) is 10.5. The lowest BCUT2D eigenvalue weighted by Crippen LogP contribution is -2.40. The Balaban J connectivity index is 1.61. The van der Waals surface area contributed by atoms with Crippen LogP contribution in [0.15, 0.2) is 47.5 Å². The molecular weight excluding hydrogens is 438 g/mol. The predicted molar refractivity (Wildman–Crippen MR) is 115 cm³/mol. The number of aromatic nitrogens is 1. The van der Waals surface area contributed by atoms with E-state index < -0.39 is 28.0 Å². The molecule has 172 valence electrons. The molecule has 1 aliphatic rings. The monoisotopic (exact) mass is 463 g/mol. The number of sulfonamides is 1. The molecular formula is C21H25N3O7S. The second-order valence-electron chi connectivity index (χ2n) is 6.87. The van der Waals surface area contributed by atoms with Crippen LogP contribution in [0.1, 0.15) is 24.2 Å². The highest BCUT2D eigenvalue weighted by Crippen LogP contribution is 2.20. The number of carbonyl (C=O) groups excluding carboxylic acids is 2. The molecule has 1 amide bonds. The van der Waals surface area contributed by atoms with Gasteiger partial charge in [-0.1, -0.05) is 0 Å². The summed E-state index contributed by atoms with van der Waals surface area (Å²) in [6.07, 6.45) is 0.384. The lowest BCUT2D eigenvalue weighted by molar-refractivity contribution is -0.123. The van der Waals surface area contributed by atoms with Gasteiger partial charge in [0.05, 0.1) is 24.7 Å². The van der Waals surface area contributed by atoms with Gasteiger partial charge in [-0.3, -0.25) is 4.79 Å². The quantitative estimate of drug-likeness (QED) is 0.587. The smallest absolute Gasteiger partial charge is 0.344 e. The van der Waals surface area contributed by atoms with Crippen LogP contribution in [-0.2, 0) is 24.3 Å². The molecule has 1 aromatic heterocycles. The molecule has 0 saturated carbocycles. The van der Waals surface area contributed by atoms with Gasteiger partial charge in [0.15, 0.2) is 6.10 Å². The maximum Gasteiger partial charge on any atom is 0.344 e. The molecule has 1 aromatic carbocycles. The summed E-state index contributed by atoms with van der Waals surface area (Å²) in [5, 5.41) is 2.61. The number of nitrogens with one attached hydrogen (secondary N) is 1. The van der Waals surface area contributed by atoms with Crippen LogP contribution >= 0.6 is 0 Å². The van der Waals surface area contributed by atoms with Crippen molar-refractivity contribution in [2.45, 2.75) is 24.8 Å². The Labute approximate surface area is 186 Å². The lowest BCUT2D eigenvalue weighted by Gasteiger charge is -2.26. The van der Waals surface area contributed by atoms with Gasteiger partial charge in [-0.25, -0.2) is 18.2 Å². The van der Waals surface area contributed by atoms with Crippen molar-refractivity contribution in [2.75, 3.05) is 38.2 Å². The zero-order chi connectivity index (χ0) is 23.1. The first-order chi connectivity index (χ1) is 15.3. The van der Waals surface area contributed by atoms with Crippen molar-refractivity contribution in [3.05, 3.63) is 48.2 Å². The summed E-state index contributed by atoms with van der Waals surface area (Å²) in [7, 11) is -3.63. The Morgan fingerprint density at radius 1 is 1.19 bits per heavy atom. The molecule has 0 bridgehead atoms. The number of morpholine rings is 1. The first-order valence-corrected chi connectivity index (χ1v) is 11.5. The van der Waals surface area contributed by atoms with Crippen molar-refractivity contribution in [1.82, 2.24) is 9.29 Å². The fraction of sp³-hybridized carbons (Fsp3) is 0.381. The van der Waals surface area contributed by atoms with Gasteiger partial charge >= 0.3 is 5.97 Å². The number of anilines is 1. The van der Waals surface area contributed by atoms with Crippen LogP contribution in [0, 0.1) is 0 Å². The van der Waals surface area contributed by atoms with Gasteiger partial charge in [0.1, 0.15) is 5.56 Å². The van der Waals surface area contributed by atoms with Gasteiger partial charge in [-0.05, 0) is 50.2 Å². The van der Waals surface area contributed by atoms with E-state index in [0.29, 0.717) is 38.6 Å². The fourth-order valence-electron chi connectivity index (χ4n) is 2.97. The average Bonchev–Trinajstić information content (AvgIpc) is 2.80. The van der Waals surface area contributed by atoms with E-state index in [1.165, 1.54) is 47.8 Å². The molecule has 0 radical (unpaired) electrons. The van der Waals surface area contributed by atoms with Crippen LogP contribution in [0.3, 0.4) is 0 Å². The molecule has 1 fully saturated rings. The van der Waals surface area contributed by atoms with Crippen LogP contribution in [0.25, 0.3) is 0 Å². The number of benzene rings is 1. The van der Waals surface area contributed by atoms with E-state index in [0.717, 1.165) is 0 Å². The number of rotatable bonds is 8. The number of nitrogens with zero attached hydrogens (tertiary/aromatic N) is 2. The van der Waals surface area contributed by atoms with Gasteiger partial charge < -0.3 is 19.5 Å². The normalized spacial score (nSPS) is 15.6. The van der Waals surface area contributed by atoms with Crippen LogP contribution in [0.2, 0.25) is 0 Å². The minimum atomic E-state index is -3.63. The third-order valence-corrected chi connectivity index (χ3v) is 6.57. The standard InChI is InChI=1S/C21H25N3O7S/c1-3-30-20-18(5-4-10-22-20)21(26)31-15(2)19(25)23-16-6-8-17(9-7-16)32(27,28)24-11-13-29-14-12-24/h4-10,15H,3,11-14H2,1-2H3,(H,23,25). The first-order valence-electron chi connectivity index (χ1n) is 10.1. The molecule has 32 heavy (non-hydrogen) atoms. The third kappa shape index (κ3) is 5.61. The van der Waals surface area contributed by atoms with Crippen LogP contribution in [0.5, 0.6) is 5.88 Å². The maximum absolute atomic E-state index is 12.7. The summed E-state index contributed by atoms with van der Waals surface area (Å²) in [6.45, 7) is 4.82. The molecule has 3 rings (SSSR count). The van der Waals surface area contributed by atoms with Gasteiger partial charge in [0.25, 0.3) is 5.91 Å². The Morgan fingerprint density at radius 2 is 1.88 bits per heavy atom. The number of carbonyl (C=O) groups is 2. The summed E-state index contributed by atoms with van der Waals surface area (Å²) in [5.74, 6) is -1.18. The van der Waals surface area contributed by atoms with Crippen LogP contribution in [0.4, 0.5) is 5.69 Å². The first kappa shape index (κ1) is 23.6. The van der Waals surface area contributed by atoms with Gasteiger partial charge in [-0.2, -0.15) is 4.31 Å². The number of hydrogen-bond acceptors (Lipinski definition) is 8. The van der Waals surface area contributed by atoms with E-state index in [1.54, 1.807) is 13.0 Å². The van der Waals surface area contributed by atoms with Crippen molar-refractivity contribution in [1.29, 1.82) is 0 Å². The minimum absolute atomic E-state index is 0.117. The molecule has 1 N–H and O–H groups in total. The number of hydrogen-bond donors (Lipinski definition) is 1. The molecule has 1 aliphatic heterocycles. The average molecular weight is 464 g/mol. The van der Waals surface area contributed by atoms with E-state index in [1.807, 2.05) is 0 Å². The molecule has 10 nitrogen and oxygen atoms in total. The summed E-state index contributed by atoms with van der Waals surface area (Å²) >= 11 is 0. The van der Waals surface area contributed by atoms with Crippen LogP contribution in [-0.4, -0.2) is 68.6 Å². The molecule has 2 heterocycles. The number of amides is 1. The number of pyridine rings is 1. The predicted octanol–water partition coefficient (Wildman–Crippen LogP) is 1.69. The highest BCUT2D eigenvalue weighted by atomic mass is 32.2. The zero-order valence-electron chi connectivity index (χ0n) is 17.8. The Bertz CT molecular complexity index is 1050. The third-order valence-electron chi connectivity index (χ3n) is 4.65. The Kier molecular flexibility index (Phi) is 7.78.